The molecule has 1 heteroatoms. The topological polar surface area (TPSA) is 0 Å². The molecule has 0 aliphatic heterocycles. The summed E-state index contributed by atoms with van der Waals surface area (Å²) in [5.41, 5.74) is 9.98. The molecule has 0 atom stereocenters. The van der Waals surface area contributed by atoms with E-state index in [1.165, 1.54) is 28.7 Å². The minimum absolute atomic E-state index is 0.693. The molecule has 0 nitrogen and oxygen atoms in total. The molecule has 0 saturated heterocycles. The molecule has 0 radical (unpaired) electrons. The fourth-order valence-electron chi connectivity index (χ4n) is 4.31. The van der Waals surface area contributed by atoms with Crippen LogP contribution in [-0.2, 0) is 6.42 Å². The second kappa shape index (κ2) is 4.84. The predicted octanol–water partition coefficient (Wildman–Crippen LogP) is 5.93. The van der Waals surface area contributed by atoms with Gasteiger partial charge in [-0.3, -0.25) is 0 Å². The summed E-state index contributed by atoms with van der Waals surface area (Å²) in [4.78, 5) is 0. The molecule has 0 saturated carbocycles. The van der Waals surface area contributed by atoms with Crippen molar-refractivity contribution in [3.8, 4) is 0 Å². The minimum atomic E-state index is -1.50. The second-order valence-corrected chi connectivity index (χ2v) is 12.0. The lowest BCUT2D eigenvalue weighted by Gasteiger charge is -2.34. The monoisotopic (exact) mass is 294 g/mol. The molecule has 21 heavy (non-hydrogen) atoms. The van der Waals surface area contributed by atoms with Gasteiger partial charge in [0, 0.05) is 5.54 Å². The van der Waals surface area contributed by atoms with E-state index in [0.717, 1.165) is 0 Å². The van der Waals surface area contributed by atoms with Crippen LogP contribution in [0.4, 0.5) is 0 Å². The van der Waals surface area contributed by atoms with Crippen molar-refractivity contribution in [3.05, 3.63) is 62.9 Å². The first-order valence-corrected chi connectivity index (χ1v) is 11.1. The molecule has 2 aliphatic rings. The van der Waals surface area contributed by atoms with Gasteiger partial charge in [0.2, 0.25) is 0 Å². The Morgan fingerprint density at radius 3 is 2.05 bits per heavy atom. The lowest BCUT2D eigenvalue weighted by molar-refractivity contribution is 1.06. The zero-order valence-corrected chi connectivity index (χ0v) is 15.2. The molecule has 0 unspecified atom stereocenters. The first-order chi connectivity index (χ1) is 9.84. The standard InChI is InChI=1S/C20H26Si/c1-13-14(2)16(4)20(15(13)3)21(5,6)19-11-17-9-7-8-10-18(17)12-19/h7-11,20H,12H2,1-6H3. The van der Waals surface area contributed by atoms with Crippen LogP contribution in [0.2, 0.25) is 18.6 Å². The Morgan fingerprint density at radius 2 is 1.48 bits per heavy atom. The molecule has 0 N–H and O–H groups in total. The van der Waals surface area contributed by atoms with Gasteiger partial charge in [0.25, 0.3) is 0 Å². The first-order valence-electron chi connectivity index (χ1n) is 7.98. The SMILES string of the molecule is CC1=C(C)C([Si](C)(C)C2=Cc3ccccc3C2)C(C)=C1C. The van der Waals surface area contributed by atoms with Crippen LogP contribution in [0.25, 0.3) is 6.08 Å². The Hall–Kier alpha value is -1.34. The van der Waals surface area contributed by atoms with Gasteiger partial charge in [-0.05, 0) is 56.4 Å². The lowest BCUT2D eigenvalue weighted by atomic mass is 10.1. The Kier molecular flexibility index (Phi) is 3.36. The first kappa shape index (κ1) is 14.6. The Bertz CT molecular complexity index is 674. The summed E-state index contributed by atoms with van der Waals surface area (Å²) in [7, 11) is -1.50. The average Bonchev–Trinajstić information content (AvgIpc) is 2.96. The third kappa shape index (κ3) is 2.10. The molecule has 1 aromatic rings. The number of hydrogen-bond acceptors (Lipinski definition) is 0. The van der Waals surface area contributed by atoms with Crippen molar-refractivity contribution >= 4 is 14.1 Å². The minimum Gasteiger partial charge on any atom is -0.0750 e. The third-order valence-electron chi connectivity index (χ3n) is 5.93. The second-order valence-electron chi connectivity index (χ2n) is 7.32. The van der Waals surface area contributed by atoms with Crippen LogP contribution in [0.15, 0.2) is 51.8 Å². The smallest absolute Gasteiger partial charge is 0.0750 e. The summed E-state index contributed by atoms with van der Waals surface area (Å²) in [5.74, 6) is 0. The molecule has 110 valence electrons. The molecule has 0 heterocycles. The van der Waals surface area contributed by atoms with Crippen molar-refractivity contribution in [2.45, 2.75) is 52.8 Å². The van der Waals surface area contributed by atoms with E-state index in [9.17, 15) is 0 Å². The molecule has 0 bridgehead atoms. The van der Waals surface area contributed by atoms with Crippen LogP contribution in [0.3, 0.4) is 0 Å². The molecule has 0 aromatic heterocycles. The number of allylic oxidation sites excluding steroid dienone is 5. The normalized spacial score (nSPS) is 19.4. The fraction of sp³-hybridized carbons (Fsp3) is 0.400. The van der Waals surface area contributed by atoms with E-state index in [1.807, 2.05) is 0 Å². The van der Waals surface area contributed by atoms with Gasteiger partial charge >= 0.3 is 0 Å². The van der Waals surface area contributed by atoms with Crippen molar-refractivity contribution < 1.29 is 0 Å². The summed E-state index contributed by atoms with van der Waals surface area (Å²) in [6, 6.07) is 8.89. The Morgan fingerprint density at radius 1 is 0.905 bits per heavy atom. The van der Waals surface area contributed by atoms with Gasteiger partial charge in [-0.1, -0.05) is 59.8 Å². The van der Waals surface area contributed by atoms with Crippen LogP contribution in [0.1, 0.15) is 38.8 Å². The summed E-state index contributed by atoms with van der Waals surface area (Å²) < 4.78 is 0. The van der Waals surface area contributed by atoms with Crippen LogP contribution in [0.5, 0.6) is 0 Å². The average molecular weight is 295 g/mol. The highest BCUT2D eigenvalue weighted by Gasteiger charge is 2.42. The maximum atomic E-state index is 2.56. The maximum Gasteiger partial charge on any atom is 0.0872 e. The van der Waals surface area contributed by atoms with Gasteiger partial charge in [-0.25, -0.2) is 0 Å². The van der Waals surface area contributed by atoms with Gasteiger partial charge in [0.1, 0.15) is 0 Å². The molecular formula is C20H26Si. The molecule has 3 rings (SSSR count). The quantitative estimate of drug-likeness (QED) is 0.593. The van der Waals surface area contributed by atoms with E-state index in [2.05, 4.69) is 71.1 Å². The van der Waals surface area contributed by atoms with Crippen molar-refractivity contribution in [1.29, 1.82) is 0 Å². The largest absolute Gasteiger partial charge is 0.0872 e. The molecule has 0 fully saturated rings. The van der Waals surface area contributed by atoms with E-state index < -0.39 is 8.07 Å². The van der Waals surface area contributed by atoms with Gasteiger partial charge in [0.05, 0.1) is 8.07 Å². The fourth-order valence-corrected chi connectivity index (χ4v) is 8.45. The Balaban J connectivity index is 2.01. The van der Waals surface area contributed by atoms with E-state index in [-0.39, 0.29) is 0 Å². The highest BCUT2D eigenvalue weighted by Crippen LogP contribution is 2.50. The highest BCUT2D eigenvalue weighted by atomic mass is 28.3. The van der Waals surface area contributed by atoms with Crippen LogP contribution >= 0.6 is 0 Å². The molecule has 1 aromatic carbocycles. The zero-order valence-electron chi connectivity index (χ0n) is 14.2. The van der Waals surface area contributed by atoms with Gasteiger partial charge in [-0.15, -0.1) is 0 Å². The summed E-state index contributed by atoms with van der Waals surface area (Å²) in [5, 5.41) is 1.72. The highest BCUT2D eigenvalue weighted by molar-refractivity contribution is 6.87. The predicted molar refractivity (Wildman–Crippen MR) is 96.1 cm³/mol. The van der Waals surface area contributed by atoms with Crippen LogP contribution < -0.4 is 0 Å². The molecule has 0 amide bonds. The summed E-state index contributed by atoms with van der Waals surface area (Å²) in [6.07, 6.45) is 3.66. The molecule has 2 aliphatic carbocycles. The summed E-state index contributed by atoms with van der Waals surface area (Å²) >= 11 is 0. The number of hydrogen-bond donors (Lipinski definition) is 0. The number of fused-ring (bicyclic) bond motifs is 1. The Labute approximate surface area is 130 Å². The van der Waals surface area contributed by atoms with Gasteiger partial charge in [-0.2, -0.15) is 0 Å². The lowest BCUT2D eigenvalue weighted by Crippen LogP contribution is -2.36. The summed E-state index contributed by atoms with van der Waals surface area (Å²) in [6.45, 7) is 14.4. The molecule has 0 spiro atoms. The third-order valence-corrected chi connectivity index (χ3v) is 10.2. The molecular weight excluding hydrogens is 268 g/mol. The van der Waals surface area contributed by atoms with E-state index in [4.69, 9.17) is 0 Å². The zero-order chi connectivity index (χ0) is 15.4. The van der Waals surface area contributed by atoms with Crippen molar-refractivity contribution in [3.63, 3.8) is 0 Å². The van der Waals surface area contributed by atoms with Crippen molar-refractivity contribution in [1.82, 2.24) is 0 Å². The van der Waals surface area contributed by atoms with Crippen molar-refractivity contribution in [2.75, 3.05) is 0 Å². The number of benzene rings is 1. The number of rotatable bonds is 2. The van der Waals surface area contributed by atoms with E-state index in [1.54, 1.807) is 16.3 Å². The van der Waals surface area contributed by atoms with Crippen LogP contribution in [0, 0.1) is 0 Å². The van der Waals surface area contributed by atoms with Crippen LogP contribution in [-0.4, -0.2) is 8.07 Å². The maximum absolute atomic E-state index is 2.56. The van der Waals surface area contributed by atoms with Crippen molar-refractivity contribution in [2.24, 2.45) is 0 Å². The van der Waals surface area contributed by atoms with E-state index >= 15 is 0 Å². The van der Waals surface area contributed by atoms with E-state index in [0.29, 0.717) is 5.54 Å². The van der Waals surface area contributed by atoms with Gasteiger partial charge < -0.3 is 0 Å². The van der Waals surface area contributed by atoms with Gasteiger partial charge in [0.15, 0.2) is 0 Å².